The number of fused-ring (bicyclic) bond motifs is 3. The molecule has 0 N–H and O–H groups in total. The molecule has 0 radical (unpaired) electrons. The van der Waals surface area contributed by atoms with E-state index in [1.54, 1.807) is 13.2 Å². The molecule has 0 bridgehead atoms. The molecule has 0 fully saturated rings. The number of carbonyl (C=O) groups is 1. The number of rotatable bonds is 5. The molecule has 0 unspecified atom stereocenters. The first kappa shape index (κ1) is 16.1. The highest BCUT2D eigenvalue weighted by Crippen LogP contribution is 2.30. The van der Waals surface area contributed by atoms with Crippen LogP contribution < -0.4 is 10.4 Å². The van der Waals surface area contributed by atoms with E-state index in [9.17, 15) is 9.59 Å². The normalized spacial score (nSPS) is 10.9. The third-order valence-electron chi connectivity index (χ3n) is 3.86. The number of carbonyl (C=O) groups excluding carboxylic acids is 1. The van der Waals surface area contributed by atoms with Gasteiger partial charge in [0.2, 0.25) is 0 Å². The Balaban J connectivity index is 2.17. The number of hydrogen-bond acceptors (Lipinski definition) is 5. The minimum atomic E-state index is -0.466. The summed E-state index contributed by atoms with van der Waals surface area (Å²) in [5.74, 6) is 0.423. The lowest BCUT2D eigenvalue weighted by atomic mass is 10.0. The Kier molecular flexibility index (Phi) is 4.51. The van der Waals surface area contributed by atoms with Crippen LogP contribution in [0.4, 0.5) is 0 Å². The van der Waals surface area contributed by atoms with Crippen LogP contribution in [-0.4, -0.2) is 13.1 Å². The van der Waals surface area contributed by atoms with E-state index in [1.165, 1.54) is 6.07 Å². The SMILES string of the molecule is CCCC(=O)OCc1cc(=O)oc2ccc3ccc(OC)cc3c12. The van der Waals surface area contributed by atoms with Crippen LogP contribution in [0.1, 0.15) is 25.3 Å². The van der Waals surface area contributed by atoms with E-state index in [0.717, 1.165) is 22.6 Å². The number of methoxy groups -OCH3 is 1. The van der Waals surface area contributed by atoms with Crippen molar-refractivity contribution in [2.75, 3.05) is 7.11 Å². The maximum atomic E-state index is 11.8. The van der Waals surface area contributed by atoms with E-state index in [-0.39, 0.29) is 12.6 Å². The van der Waals surface area contributed by atoms with Gasteiger partial charge in [-0.1, -0.05) is 19.1 Å². The number of ether oxygens (including phenoxy) is 2. The van der Waals surface area contributed by atoms with Crippen LogP contribution in [0.3, 0.4) is 0 Å². The second-order valence-corrected chi connectivity index (χ2v) is 5.53. The van der Waals surface area contributed by atoms with Gasteiger partial charge in [0.05, 0.1) is 7.11 Å². The molecule has 0 spiro atoms. The molecule has 2 aromatic carbocycles. The Labute approximate surface area is 138 Å². The summed E-state index contributed by atoms with van der Waals surface area (Å²) in [7, 11) is 1.60. The molecule has 0 aliphatic heterocycles. The van der Waals surface area contributed by atoms with Gasteiger partial charge in [0.25, 0.3) is 0 Å². The Bertz CT molecular complexity index is 955. The van der Waals surface area contributed by atoms with Crippen molar-refractivity contribution < 1.29 is 18.7 Å². The van der Waals surface area contributed by atoms with E-state index in [0.29, 0.717) is 23.3 Å². The van der Waals surface area contributed by atoms with E-state index < -0.39 is 5.63 Å². The minimum absolute atomic E-state index is 0.0389. The molecule has 0 aliphatic rings. The lowest BCUT2D eigenvalue weighted by Crippen LogP contribution is -2.07. The summed E-state index contributed by atoms with van der Waals surface area (Å²) in [6.45, 7) is 1.95. The highest BCUT2D eigenvalue weighted by molar-refractivity contribution is 6.07. The molecule has 3 rings (SSSR count). The first-order valence-corrected chi connectivity index (χ1v) is 7.81. The molecule has 0 saturated carbocycles. The van der Waals surface area contributed by atoms with Crippen LogP contribution in [0.5, 0.6) is 5.75 Å². The van der Waals surface area contributed by atoms with Gasteiger partial charge >= 0.3 is 11.6 Å². The molecular weight excluding hydrogens is 308 g/mol. The fourth-order valence-electron chi connectivity index (χ4n) is 2.72. The summed E-state index contributed by atoms with van der Waals surface area (Å²) in [5, 5.41) is 2.63. The summed E-state index contributed by atoms with van der Waals surface area (Å²) in [4.78, 5) is 23.5. The van der Waals surface area contributed by atoms with Gasteiger partial charge in [-0.25, -0.2) is 4.79 Å². The van der Waals surface area contributed by atoms with Crippen LogP contribution in [-0.2, 0) is 16.1 Å². The van der Waals surface area contributed by atoms with E-state index in [1.807, 2.05) is 31.2 Å². The fourth-order valence-corrected chi connectivity index (χ4v) is 2.72. The Morgan fingerprint density at radius 1 is 1.17 bits per heavy atom. The van der Waals surface area contributed by atoms with E-state index >= 15 is 0 Å². The highest BCUT2D eigenvalue weighted by Gasteiger charge is 2.12. The van der Waals surface area contributed by atoms with Crippen molar-refractivity contribution in [1.82, 2.24) is 0 Å². The van der Waals surface area contributed by atoms with E-state index in [4.69, 9.17) is 13.9 Å². The van der Waals surface area contributed by atoms with E-state index in [2.05, 4.69) is 0 Å². The molecule has 5 heteroatoms. The summed E-state index contributed by atoms with van der Waals surface area (Å²) in [5.41, 5.74) is 0.626. The minimum Gasteiger partial charge on any atom is -0.497 e. The second-order valence-electron chi connectivity index (χ2n) is 5.53. The van der Waals surface area contributed by atoms with Crippen molar-refractivity contribution >= 4 is 27.7 Å². The average Bonchev–Trinajstić information content (AvgIpc) is 2.58. The lowest BCUT2D eigenvalue weighted by Gasteiger charge is -2.10. The smallest absolute Gasteiger partial charge is 0.336 e. The molecule has 124 valence electrons. The molecule has 3 aromatic rings. The van der Waals surface area contributed by atoms with Crippen molar-refractivity contribution in [3.63, 3.8) is 0 Å². The predicted octanol–water partition coefficient (Wildman–Crippen LogP) is 3.80. The summed E-state index contributed by atoms with van der Waals surface area (Å²) in [6, 6.07) is 10.7. The Morgan fingerprint density at radius 2 is 1.96 bits per heavy atom. The fraction of sp³-hybridized carbons (Fsp3) is 0.263. The van der Waals surface area contributed by atoms with Crippen LogP contribution in [0.2, 0.25) is 0 Å². The number of hydrogen-bond donors (Lipinski definition) is 0. The van der Waals surface area contributed by atoms with Crippen molar-refractivity contribution in [1.29, 1.82) is 0 Å². The first-order valence-electron chi connectivity index (χ1n) is 7.81. The largest absolute Gasteiger partial charge is 0.497 e. The average molecular weight is 326 g/mol. The van der Waals surface area contributed by atoms with Crippen molar-refractivity contribution in [2.24, 2.45) is 0 Å². The Hall–Kier alpha value is -2.82. The standard InChI is InChI=1S/C19H18O5/c1-3-4-17(20)23-11-13-9-18(21)24-16-8-6-12-5-7-14(22-2)10-15(12)19(13)16/h5-10H,3-4,11H2,1-2H3. The predicted molar refractivity (Wildman–Crippen MR) is 91.2 cm³/mol. The molecule has 0 aliphatic carbocycles. The van der Waals surface area contributed by atoms with Gasteiger partial charge in [-0.3, -0.25) is 4.79 Å². The van der Waals surface area contributed by atoms with Crippen molar-refractivity contribution in [3.8, 4) is 5.75 Å². The van der Waals surface area contributed by atoms with Crippen LogP contribution in [0.25, 0.3) is 21.7 Å². The number of esters is 1. The zero-order valence-corrected chi connectivity index (χ0v) is 13.6. The molecule has 0 saturated heterocycles. The van der Waals surface area contributed by atoms with Gasteiger partial charge in [-0.05, 0) is 35.4 Å². The third kappa shape index (κ3) is 3.11. The van der Waals surface area contributed by atoms with Crippen LogP contribution >= 0.6 is 0 Å². The monoisotopic (exact) mass is 326 g/mol. The Morgan fingerprint density at radius 3 is 2.71 bits per heavy atom. The first-order chi connectivity index (χ1) is 11.6. The van der Waals surface area contributed by atoms with Gasteiger partial charge < -0.3 is 13.9 Å². The molecule has 0 amide bonds. The van der Waals surface area contributed by atoms with Crippen molar-refractivity contribution in [2.45, 2.75) is 26.4 Å². The van der Waals surface area contributed by atoms with Gasteiger partial charge in [-0.15, -0.1) is 0 Å². The zero-order chi connectivity index (χ0) is 17.1. The van der Waals surface area contributed by atoms with Crippen LogP contribution in [0.15, 0.2) is 45.6 Å². The maximum absolute atomic E-state index is 11.8. The van der Waals surface area contributed by atoms with Gasteiger partial charge in [0.1, 0.15) is 17.9 Å². The number of benzene rings is 2. The molecule has 1 heterocycles. The third-order valence-corrected chi connectivity index (χ3v) is 3.86. The molecule has 1 aromatic heterocycles. The molecule has 0 atom stereocenters. The summed E-state index contributed by atoms with van der Waals surface area (Å²) >= 11 is 0. The maximum Gasteiger partial charge on any atom is 0.336 e. The summed E-state index contributed by atoms with van der Waals surface area (Å²) < 4.78 is 15.9. The molecule has 24 heavy (non-hydrogen) atoms. The quantitative estimate of drug-likeness (QED) is 0.405. The van der Waals surface area contributed by atoms with Crippen molar-refractivity contribution in [3.05, 3.63) is 52.4 Å². The zero-order valence-electron chi connectivity index (χ0n) is 13.6. The van der Waals surface area contributed by atoms with Crippen LogP contribution in [0, 0.1) is 0 Å². The molecular formula is C19H18O5. The topological polar surface area (TPSA) is 65.7 Å². The van der Waals surface area contributed by atoms with Gasteiger partial charge in [0.15, 0.2) is 0 Å². The van der Waals surface area contributed by atoms with Gasteiger partial charge in [0, 0.05) is 23.4 Å². The van der Waals surface area contributed by atoms with Gasteiger partial charge in [-0.2, -0.15) is 0 Å². The second kappa shape index (κ2) is 6.74. The summed E-state index contributed by atoms with van der Waals surface area (Å²) in [6.07, 6.45) is 1.07. The highest BCUT2D eigenvalue weighted by atomic mass is 16.5. The lowest BCUT2D eigenvalue weighted by molar-refractivity contribution is -0.144. The molecule has 5 nitrogen and oxygen atoms in total.